The van der Waals surface area contributed by atoms with Crippen molar-refractivity contribution in [1.29, 1.82) is 0 Å². The topological polar surface area (TPSA) is 37.4 Å². The van der Waals surface area contributed by atoms with Gasteiger partial charge in [0.2, 0.25) is 0 Å². The Balaban J connectivity index is 2.10. The zero-order valence-corrected chi connectivity index (χ0v) is 12.4. The average Bonchev–Trinajstić information content (AvgIpc) is 2.36. The number of ether oxygens (including phenoxy) is 1. The lowest BCUT2D eigenvalue weighted by molar-refractivity contribution is -0.00546. The summed E-state index contributed by atoms with van der Waals surface area (Å²) in [5, 5.41) is 3.34. The van der Waals surface area contributed by atoms with Crippen molar-refractivity contribution in [3.8, 4) is 0 Å². The van der Waals surface area contributed by atoms with Crippen LogP contribution in [0.15, 0.2) is 12.1 Å². The monoisotopic (exact) mass is 263 g/mol. The van der Waals surface area contributed by atoms with E-state index >= 15 is 0 Å². The summed E-state index contributed by atoms with van der Waals surface area (Å²) in [7, 11) is 0. The SMILES string of the molecule is CCNCc1ccc(N2CC(C)OC(C)C2)nc1C. The fourth-order valence-corrected chi connectivity index (χ4v) is 2.56. The van der Waals surface area contributed by atoms with Crippen LogP contribution in [0.5, 0.6) is 0 Å². The third-order valence-corrected chi connectivity index (χ3v) is 3.49. The molecule has 1 aromatic heterocycles. The molecule has 0 aliphatic carbocycles. The first-order valence-corrected chi connectivity index (χ1v) is 7.17. The number of pyridine rings is 1. The third-order valence-electron chi connectivity index (χ3n) is 3.49. The third kappa shape index (κ3) is 3.67. The molecule has 1 saturated heterocycles. The van der Waals surface area contributed by atoms with Crippen LogP contribution in [0.3, 0.4) is 0 Å². The molecule has 19 heavy (non-hydrogen) atoms. The number of hydrogen-bond acceptors (Lipinski definition) is 4. The minimum atomic E-state index is 0.271. The molecule has 0 spiro atoms. The normalized spacial score (nSPS) is 23.7. The minimum absolute atomic E-state index is 0.271. The lowest BCUT2D eigenvalue weighted by Crippen LogP contribution is -2.45. The van der Waals surface area contributed by atoms with E-state index in [1.165, 1.54) is 5.56 Å². The summed E-state index contributed by atoms with van der Waals surface area (Å²) >= 11 is 0. The molecule has 1 aromatic rings. The van der Waals surface area contributed by atoms with E-state index in [0.29, 0.717) is 0 Å². The quantitative estimate of drug-likeness (QED) is 0.903. The molecule has 0 bridgehead atoms. The highest BCUT2D eigenvalue weighted by Crippen LogP contribution is 2.20. The molecule has 0 aromatic carbocycles. The van der Waals surface area contributed by atoms with Gasteiger partial charge in [0.1, 0.15) is 5.82 Å². The molecule has 2 heterocycles. The fraction of sp³-hybridized carbons (Fsp3) is 0.667. The van der Waals surface area contributed by atoms with Gasteiger partial charge in [-0.3, -0.25) is 0 Å². The maximum absolute atomic E-state index is 5.77. The second-order valence-electron chi connectivity index (χ2n) is 5.36. The van der Waals surface area contributed by atoms with Crippen LogP contribution >= 0.6 is 0 Å². The first-order valence-electron chi connectivity index (χ1n) is 7.17. The molecule has 1 aliphatic rings. The Morgan fingerprint density at radius 1 is 1.32 bits per heavy atom. The van der Waals surface area contributed by atoms with E-state index in [0.717, 1.165) is 37.7 Å². The average molecular weight is 263 g/mol. The Hall–Kier alpha value is -1.13. The Morgan fingerprint density at radius 3 is 2.58 bits per heavy atom. The largest absolute Gasteiger partial charge is 0.372 e. The summed E-state index contributed by atoms with van der Waals surface area (Å²) in [6.45, 7) is 12.2. The van der Waals surface area contributed by atoms with E-state index in [1.54, 1.807) is 0 Å². The Kier molecular flexibility index (Phi) is 4.77. The predicted molar refractivity (Wildman–Crippen MR) is 78.6 cm³/mol. The zero-order chi connectivity index (χ0) is 13.8. The van der Waals surface area contributed by atoms with Gasteiger partial charge in [-0.1, -0.05) is 13.0 Å². The van der Waals surface area contributed by atoms with Gasteiger partial charge in [0.25, 0.3) is 0 Å². The number of nitrogens with zero attached hydrogens (tertiary/aromatic N) is 2. The van der Waals surface area contributed by atoms with Crippen LogP contribution in [-0.2, 0) is 11.3 Å². The summed E-state index contributed by atoms with van der Waals surface area (Å²) in [5.74, 6) is 1.07. The molecule has 2 unspecified atom stereocenters. The number of anilines is 1. The van der Waals surface area contributed by atoms with Gasteiger partial charge in [-0.05, 0) is 38.9 Å². The molecule has 0 amide bonds. The summed E-state index contributed by atoms with van der Waals surface area (Å²) in [4.78, 5) is 7.07. The van der Waals surface area contributed by atoms with E-state index < -0.39 is 0 Å². The minimum Gasteiger partial charge on any atom is -0.372 e. The second-order valence-corrected chi connectivity index (χ2v) is 5.36. The van der Waals surface area contributed by atoms with Crippen LogP contribution in [0.25, 0.3) is 0 Å². The molecule has 4 nitrogen and oxygen atoms in total. The number of nitrogens with one attached hydrogen (secondary N) is 1. The van der Waals surface area contributed by atoms with Gasteiger partial charge in [0.05, 0.1) is 12.2 Å². The fourth-order valence-electron chi connectivity index (χ4n) is 2.56. The molecule has 1 aliphatic heterocycles. The summed E-state index contributed by atoms with van der Waals surface area (Å²) in [6, 6.07) is 4.32. The van der Waals surface area contributed by atoms with E-state index in [2.05, 4.69) is 50.0 Å². The molecular weight excluding hydrogens is 238 g/mol. The Morgan fingerprint density at radius 2 is 2.00 bits per heavy atom. The van der Waals surface area contributed by atoms with Gasteiger partial charge in [-0.2, -0.15) is 0 Å². The predicted octanol–water partition coefficient (Wildman–Crippen LogP) is 2.11. The molecule has 2 atom stereocenters. The standard InChI is InChI=1S/C15H25N3O/c1-5-16-8-14-6-7-15(17-13(14)4)18-9-11(2)19-12(3)10-18/h6-7,11-12,16H,5,8-10H2,1-4H3. The zero-order valence-electron chi connectivity index (χ0n) is 12.4. The summed E-state index contributed by atoms with van der Waals surface area (Å²) in [6.07, 6.45) is 0.541. The maximum Gasteiger partial charge on any atom is 0.128 e. The van der Waals surface area contributed by atoms with E-state index in [4.69, 9.17) is 9.72 Å². The molecule has 4 heteroatoms. The van der Waals surface area contributed by atoms with Gasteiger partial charge in [-0.15, -0.1) is 0 Å². The first kappa shape index (κ1) is 14.3. The summed E-state index contributed by atoms with van der Waals surface area (Å²) in [5.41, 5.74) is 2.39. The van der Waals surface area contributed by atoms with Crippen LogP contribution in [0.2, 0.25) is 0 Å². The van der Waals surface area contributed by atoms with Crippen molar-refractivity contribution in [2.24, 2.45) is 0 Å². The van der Waals surface area contributed by atoms with Crippen molar-refractivity contribution < 1.29 is 4.74 Å². The molecule has 2 rings (SSSR count). The highest BCUT2D eigenvalue weighted by atomic mass is 16.5. The molecule has 106 valence electrons. The molecular formula is C15H25N3O. The second kappa shape index (κ2) is 6.35. The van der Waals surface area contributed by atoms with Crippen LogP contribution < -0.4 is 10.2 Å². The van der Waals surface area contributed by atoms with Crippen LogP contribution in [0, 0.1) is 6.92 Å². The number of rotatable bonds is 4. The van der Waals surface area contributed by atoms with Crippen molar-refractivity contribution in [2.45, 2.75) is 46.4 Å². The van der Waals surface area contributed by atoms with Crippen LogP contribution in [-0.4, -0.2) is 36.8 Å². The van der Waals surface area contributed by atoms with Crippen LogP contribution in [0.4, 0.5) is 5.82 Å². The van der Waals surface area contributed by atoms with Crippen molar-refractivity contribution in [2.75, 3.05) is 24.5 Å². The number of morpholine rings is 1. The van der Waals surface area contributed by atoms with Gasteiger partial charge >= 0.3 is 0 Å². The van der Waals surface area contributed by atoms with Crippen molar-refractivity contribution >= 4 is 5.82 Å². The first-order chi connectivity index (χ1) is 9.10. The number of aromatic nitrogens is 1. The van der Waals surface area contributed by atoms with Gasteiger partial charge in [0, 0.05) is 25.3 Å². The van der Waals surface area contributed by atoms with E-state index in [9.17, 15) is 0 Å². The summed E-state index contributed by atoms with van der Waals surface area (Å²) < 4.78 is 5.77. The Labute approximate surface area is 116 Å². The van der Waals surface area contributed by atoms with Gasteiger partial charge in [0.15, 0.2) is 0 Å². The molecule has 0 radical (unpaired) electrons. The smallest absolute Gasteiger partial charge is 0.128 e. The number of hydrogen-bond donors (Lipinski definition) is 1. The van der Waals surface area contributed by atoms with Crippen LogP contribution in [0.1, 0.15) is 32.0 Å². The lowest BCUT2D eigenvalue weighted by atomic mass is 10.2. The lowest BCUT2D eigenvalue weighted by Gasteiger charge is -2.36. The highest BCUT2D eigenvalue weighted by molar-refractivity contribution is 5.42. The van der Waals surface area contributed by atoms with Gasteiger partial charge in [-0.25, -0.2) is 4.98 Å². The van der Waals surface area contributed by atoms with Gasteiger partial charge < -0.3 is 15.0 Å². The van der Waals surface area contributed by atoms with E-state index in [-0.39, 0.29) is 12.2 Å². The number of aryl methyl sites for hydroxylation is 1. The molecule has 0 saturated carbocycles. The maximum atomic E-state index is 5.77. The van der Waals surface area contributed by atoms with Crippen molar-refractivity contribution in [3.63, 3.8) is 0 Å². The van der Waals surface area contributed by atoms with E-state index in [1.807, 2.05) is 0 Å². The molecule has 1 N–H and O–H groups in total. The Bertz CT molecular complexity index is 412. The van der Waals surface area contributed by atoms with Crippen molar-refractivity contribution in [1.82, 2.24) is 10.3 Å². The highest BCUT2D eigenvalue weighted by Gasteiger charge is 2.23. The molecule has 1 fully saturated rings. The van der Waals surface area contributed by atoms with Crippen molar-refractivity contribution in [3.05, 3.63) is 23.4 Å².